The minimum atomic E-state index is -0.0680. The summed E-state index contributed by atoms with van der Waals surface area (Å²) in [5, 5.41) is 2.74. The van der Waals surface area contributed by atoms with Crippen LogP contribution in [0.3, 0.4) is 0 Å². The van der Waals surface area contributed by atoms with E-state index >= 15 is 0 Å². The Morgan fingerprint density at radius 1 is 1.64 bits per heavy atom. The first-order valence-corrected chi connectivity index (χ1v) is 6.14. The Morgan fingerprint density at radius 3 is 2.73 bits per heavy atom. The Morgan fingerprint density at radius 2 is 2.27 bits per heavy atom. The number of carbonyl (C=O) groups is 1. The maximum atomic E-state index is 10.6. The van der Waals surface area contributed by atoms with Crippen molar-refractivity contribution >= 4 is 16.8 Å². The lowest BCUT2D eigenvalue weighted by Crippen LogP contribution is -2.22. The van der Waals surface area contributed by atoms with Crippen LogP contribution in [0.25, 0.3) is 0 Å². The van der Waals surface area contributed by atoms with Crippen LogP contribution in [-0.4, -0.2) is 30.7 Å². The zero-order chi connectivity index (χ0) is 8.69. The molecule has 1 N–H and O–H groups in total. The van der Waals surface area contributed by atoms with Gasteiger partial charge in [0, 0.05) is 6.54 Å². The van der Waals surface area contributed by atoms with Gasteiger partial charge in [0.15, 0.2) is 0 Å². The number of amides is 1. The molecule has 0 atom stereocenters. The number of thiol groups is 1. The van der Waals surface area contributed by atoms with Crippen molar-refractivity contribution < 1.29 is 4.79 Å². The fourth-order valence-electron chi connectivity index (χ4n) is 0.679. The van der Waals surface area contributed by atoms with Crippen LogP contribution in [0, 0.1) is 0 Å². The SMILES string of the molecule is C=CC(=O)NCCC[SH](C)C. The molecular weight excluding hydrogens is 158 g/mol. The van der Waals surface area contributed by atoms with Crippen molar-refractivity contribution in [2.45, 2.75) is 6.42 Å². The molecule has 0 unspecified atom stereocenters. The van der Waals surface area contributed by atoms with E-state index < -0.39 is 0 Å². The van der Waals surface area contributed by atoms with E-state index in [0.717, 1.165) is 13.0 Å². The van der Waals surface area contributed by atoms with Crippen molar-refractivity contribution in [3.05, 3.63) is 12.7 Å². The maximum absolute atomic E-state index is 10.6. The molecule has 0 saturated carbocycles. The first-order chi connectivity index (χ1) is 5.16. The molecule has 0 saturated heterocycles. The highest BCUT2D eigenvalue weighted by atomic mass is 32.2. The number of rotatable bonds is 5. The summed E-state index contributed by atoms with van der Waals surface area (Å²) in [6.07, 6.45) is 6.87. The van der Waals surface area contributed by atoms with Crippen molar-refractivity contribution in [2.24, 2.45) is 0 Å². The third-order valence-electron chi connectivity index (χ3n) is 1.27. The summed E-state index contributed by atoms with van der Waals surface area (Å²) in [4.78, 5) is 10.6. The molecule has 0 fully saturated rings. The van der Waals surface area contributed by atoms with E-state index in [1.54, 1.807) is 0 Å². The smallest absolute Gasteiger partial charge is 0.243 e. The van der Waals surface area contributed by atoms with Gasteiger partial charge in [-0.05, 0) is 30.8 Å². The molecule has 0 aromatic carbocycles. The maximum Gasteiger partial charge on any atom is 0.243 e. The first-order valence-electron chi connectivity index (χ1n) is 3.72. The van der Waals surface area contributed by atoms with Crippen LogP contribution in [-0.2, 0) is 4.79 Å². The van der Waals surface area contributed by atoms with E-state index in [1.807, 2.05) is 0 Å². The van der Waals surface area contributed by atoms with Crippen molar-refractivity contribution in [1.29, 1.82) is 0 Å². The molecule has 3 heteroatoms. The zero-order valence-corrected chi connectivity index (χ0v) is 8.16. The normalized spacial score (nSPS) is 10.5. The van der Waals surface area contributed by atoms with Gasteiger partial charge in [0.2, 0.25) is 5.91 Å². The van der Waals surface area contributed by atoms with E-state index in [1.165, 1.54) is 11.8 Å². The van der Waals surface area contributed by atoms with Gasteiger partial charge in [-0.3, -0.25) is 15.7 Å². The lowest BCUT2D eigenvalue weighted by molar-refractivity contribution is -0.116. The lowest BCUT2D eigenvalue weighted by atomic mass is 10.4. The average molecular weight is 175 g/mol. The Labute approximate surface area is 71.4 Å². The molecule has 0 aromatic rings. The third kappa shape index (κ3) is 7.46. The topological polar surface area (TPSA) is 29.1 Å². The van der Waals surface area contributed by atoms with Crippen molar-refractivity contribution in [2.75, 3.05) is 24.8 Å². The Hall–Kier alpha value is -0.440. The molecular formula is C8H17NOS. The monoisotopic (exact) mass is 175 g/mol. The molecule has 0 heterocycles. The van der Waals surface area contributed by atoms with Crippen LogP contribution in [0.15, 0.2) is 12.7 Å². The van der Waals surface area contributed by atoms with E-state index in [4.69, 9.17) is 0 Å². The van der Waals surface area contributed by atoms with Crippen LogP contribution in [0.4, 0.5) is 0 Å². The Bertz CT molecular complexity index is 134. The van der Waals surface area contributed by atoms with Gasteiger partial charge < -0.3 is 5.32 Å². The fourth-order valence-corrected chi connectivity index (χ4v) is 1.47. The molecule has 0 aliphatic carbocycles. The first kappa shape index (κ1) is 10.6. The van der Waals surface area contributed by atoms with Gasteiger partial charge in [-0.25, -0.2) is 0 Å². The van der Waals surface area contributed by atoms with Crippen LogP contribution in [0.5, 0.6) is 0 Å². The van der Waals surface area contributed by atoms with E-state index in [-0.39, 0.29) is 16.8 Å². The summed E-state index contributed by atoms with van der Waals surface area (Å²) >= 11 is 0. The third-order valence-corrected chi connectivity index (χ3v) is 2.48. The molecule has 1 amide bonds. The van der Waals surface area contributed by atoms with E-state index in [9.17, 15) is 4.79 Å². The molecule has 0 aliphatic heterocycles. The summed E-state index contributed by atoms with van der Waals surface area (Å²) in [5.74, 6) is 1.16. The van der Waals surface area contributed by atoms with Crippen molar-refractivity contribution in [3.8, 4) is 0 Å². The van der Waals surface area contributed by atoms with Gasteiger partial charge in [0.25, 0.3) is 0 Å². The Kier molecular flexibility index (Phi) is 6.03. The summed E-state index contributed by atoms with van der Waals surface area (Å²) in [5.41, 5.74) is 0. The molecule has 66 valence electrons. The van der Waals surface area contributed by atoms with Crippen molar-refractivity contribution in [1.82, 2.24) is 5.32 Å². The minimum absolute atomic E-state index is 0.0680. The summed E-state index contributed by atoms with van der Waals surface area (Å²) < 4.78 is 0. The van der Waals surface area contributed by atoms with Crippen LogP contribution >= 0.6 is 10.9 Å². The predicted molar refractivity (Wildman–Crippen MR) is 53.5 cm³/mol. The highest BCUT2D eigenvalue weighted by Crippen LogP contribution is 2.12. The highest BCUT2D eigenvalue weighted by molar-refractivity contribution is 8.15. The van der Waals surface area contributed by atoms with Crippen LogP contribution in [0.2, 0.25) is 0 Å². The molecule has 0 aromatic heterocycles. The second-order valence-corrected chi connectivity index (χ2v) is 5.26. The van der Waals surface area contributed by atoms with E-state index in [0.29, 0.717) is 0 Å². The molecule has 0 rings (SSSR count). The average Bonchev–Trinajstić information content (AvgIpc) is 1.97. The molecule has 0 radical (unpaired) electrons. The second kappa shape index (κ2) is 6.28. The van der Waals surface area contributed by atoms with Gasteiger partial charge in [-0.1, -0.05) is 6.58 Å². The number of carbonyl (C=O) groups excluding carboxylic acids is 1. The van der Waals surface area contributed by atoms with E-state index in [2.05, 4.69) is 24.4 Å². The largest absolute Gasteiger partial charge is 0.353 e. The summed E-state index contributed by atoms with van der Waals surface area (Å²) in [6.45, 7) is 4.15. The highest BCUT2D eigenvalue weighted by Gasteiger charge is 1.92. The quantitative estimate of drug-likeness (QED) is 0.363. The van der Waals surface area contributed by atoms with Crippen LogP contribution < -0.4 is 5.32 Å². The van der Waals surface area contributed by atoms with Gasteiger partial charge in [-0.2, -0.15) is 0 Å². The molecule has 0 spiro atoms. The molecule has 0 aliphatic rings. The van der Waals surface area contributed by atoms with Crippen molar-refractivity contribution in [3.63, 3.8) is 0 Å². The van der Waals surface area contributed by atoms with Gasteiger partial charge in [0.1, 0.15) is 0 Å². The number of hydrogen-bond acceptors (Lipinski definition) is 1. The molecule has 0 bridgehead atoms. The Balaban J connectivity index is 3.14. The summed E-state index contributed by atoms with van der Waals surface area (Å²) in [7, 11) is 0.187. The van der Waals surface area contributed by atoms with Crippen LogP contribution in [0.1, 0.15) is 6.42 Å². The van der Waals surface area contributed by atoms with Gasteiger partial charge in [0.05, 0.1) is 0 Å². The summed E-state index contributed by atoms with van der Waals surface area (Å²) in [6, 6.07) is 0. The standard InChI is InChI=1S/C8H17NOS/c1-4-8(10)9-6-5-7-11(2)3/h4,11H,1,5-7H2,2-3H3,(H,9,10). The molecule has 2 nitrogen and oxygen atoms in total. The minimum Gasteiger partial charge on any atom is -0.353 e. The zero-order valence-electron chi connectivity index (χ0n) is 7.26. The number of hydrogen-bond donors (Lipinski definition) is 2. The lowest BCUT2D eigenvalue weighted by Gasteiger charge is -2.07. The fraction of sp³-hybridized carbons (Fsp3) is 0.625. The van der Waals surface area contributed by atoms with Gasteiger partial charge in [-0.15, -0.1) is 0 Å². The second-order valence-electron chi connectivity index (χ2n) is 2.65. The number of nitrogens with one attached hydrogen (secondary N) is 1. The molecule has 11 heavy (non-hydrogen) atoms. The predicted octanol–water partition coefficient (Wildman–Crippen LogP) is 0.940. The van der Waals surface area contributed by atoms with Gasteiger partial charge >= 0.3 is 0 Å².